The highest BCUT2D eigenvalue weighted by Crippen LogP contribution is 2.37. The number of nitrogens with zero attached hydrogens (tertiary/aromatic N) is 2. The summed E-state index contributed by atoms with van der Waals surface area (Å²) < 4.78 is 26.3. The molecule has 3 aromatic rings. The zero-order chi connectivity index (χ0) is 24.2. The highest BCUT2D eigenvalue weighted by atomic mass is 28.4. The molecule has 0 radical (unpaired) electrons. The van der Waals surface area contributed by atoms with Crippen molar-refractivity contribution in [3.63, 3.8) is 0 Å². The van der Waals surface area contributed by atoms with Crippen LogP contribution in [0.2, 0.25) is 18.1 Å². The normalized spacial score (nSPS) is 11.9. The average molecular weight is 469 g/mol. The summed E-state index contributed by atoms with van der Waals surface area (Å²) in [5.41, 5.74) is 2.39. The summed E-state index contributed by atoms with van der Waals surface area (Å²) in [6.07, 6.45) is 4.01. The van der Waals surface area contributed by atoms with Crippen molar-refractivity contribution in [2.45, 2.75) is 45.3 Å². The molecule has 0 aliphatic heterocycles. The summed E-state index contributed by atoms with van der Waals surface area (Å²) in [7, 11) is -1.77. The minimum absolute atomic E-state index is 0.0903. The largest absolute Gasteiger partial charge is 0.454 e. The second-order valence-corrected chi connectivity index (χ2v) is 14.2. The van der Waals surface area contributed by atoms with Gasteiger partial charge < -0.3 is 9.16 Å². The maximum Gasteiger partial charge on any atom is 0.272 e. The lowest BCUT2D eigenvalue weighted by Gasteiger charge is -2.36. The molecule has 6 nitrogen and oxygen atoms in total. The Morgan fingerprint density at radius 3 is 2.36 bits per heavy atom. The standard InChI is InChI=1S/C25H29FN2O4Si/c1-25(2,3)33(4,5)31-15-13-18-6-8-19(9-7-18)21-17-27-14-12-23(21)32-24-11-10-20(28(29)30)16-22(24)26/h6-12,14,16-17H,13,15H2,1-5H3. The van der Waals surface area contributed by atoms with Crippen LogP contribution in [0.1, 0.15) is 26.3 Å². The van der Waals surface area contributed by atoms with Gasteiger partial charge >= 0.3 is 0 Å². The van der Waals surface area contributed by atoms with Gasteiger partial charge in [-0.2, -0.15) is 0 Å². The first-order valence-electron chi connectivity index (χ1n) is 10.8. The van der Waals surface area contributed by atoms with Gasteiger partial charge in [0, 0.05) is 30.6 Å². The second kappa shape index (κ2) is 9.80. The third kappa shape index (κ3) is 6.03. The molecule has 0 atom stereocenters. The Bertz CT molecular complexity index is 1130. The number of hydrogen-bond acceptors (Lipinski definition) is 5. The van der Waals surface area contributed by atoms with E-state index in [1.165, 1.54) is 12.1 Å². The lowest BCUT2D eigenvalue weighted by Crippen LogP contribution is -2.41. The molecule has 0 N–H and O–H groups in total. The Hall–Kier alpha value is -3.10. The summed E-state index contributed by atoms with van der Waals surface area (Å²) in [6, 6.07) is 13.0. The van der Waals surface area contributed by atoms with E-state index in [1.807, 2.05) is 24.3 Å². The van der Waals surface area contributed by atoms with Crippen molar-refractivity contribution in [3.05, 3.63) is 82.4 Å². The van der Waals surface area contributed by atoms with Gasteiger partial charge in [-0.3, -0.25) is 15.1 Å². The van der Waals surface area contributed by atoms with Crippen molar-refractivity contribution < 1.29 is 18.5 Å². The van der Waals surface area contributed by atoms with E-state index in [0.29, 0.717) is 17.9 Å². The van der Waals surface area contributed by atoms with Gasteiger partial charge in [0.15, 0.2) is 19.9 Å². The van der Waals surface area contributed by atoms with Gasteiger partial charge in [0.05, 0.1) is 11.0 Å². The highest BCUT2D eigenvalue weighted by molar-refractivity contribution is 6.74. The second-order valence-electron chi connectivity index (χ2n) is 9.40. The number of halogens is 1. The summed E-state index contributed by atoms with van der Waals surface area (Å²) >= 11 is 0. The number of non-ortho nitro benzene ring substituents is 1. The maximum atomic E-state index is 14.3. The number of nitro benzene ring substituents is 1. The van der Waals surface area contributed by atoms with Crippen LogP contribution in [0.15, 0.2) is 60.9 Å². The van der Waals surface area contributed by atoms with Gasteiger partial charge in [0.2, 0.25) is 0 Å². The van der Waals surface area contributed by atoms with Crippen molar-refractivity contribution in [1.82, 2.24) is 4.98 Å². The summed E-state index contributed by atoms with van der Waals surface area (Å²) in [5.74, 6) is -0.483. The molecule has 0 spiro atoms. The van der Waals surface area contributed by atoms with Crippen LogP contribution >= 0.6 is 0 Å². The number of rotatable bonds is 8. The fourth-order valence-electron chi connectivity index (χ4n) is 2.98. The van der Waals surface area contributed by atoms with Crippen molar-refractivity contribution in [2.24, 2.45) is 0 Å². The zero-order valence-electron chi connectivity index (χ0n) is 19.6. The quantitative estimate of drug-likeness (QED) is 0.199. The summed E-state index contributed by atoms with van der Waals surface area (Å²) in [4.78, 5) is 14.3. The van der Waals surface area contributed by atoms with Gasteiger partial charge in [-0.05, 0) is 47.8 Å². The number of pyridine rings is 1. The van der Waals surface area contributed by atoms with Crippen LogP contribution in [-0.4, -0.2) is 24.8 Å². The van der Waals surface area contributed by atoms with Gasteiger partial charge in [-0.1, -0.05) is 45.0 Å². The number of ether oxygens (including phenoxy) is 1. The molecule has 1 aromatic heterocycles. The molecule has 0 saturated carbocycles. The van der Waals surface area contributed by atoms with E-state index in [9.17, 15) is 14.5 Å². The first-order valence-corrected chi connectivity index (χ1v) is 13.7. The molecule has 0 unspecified atom stereocenters. The molecular weight excluding hydrogens is 439 g/mol. The Kier molecular flexibility index (Phi) is 7.29. The Balaban J connectivity index is 1.73. The number of nitro groups is 1. The smallest absolute Gasteiger partial charge is 0.272 e. The Morgan fingerprint density at radius 2 is 1.76 bits per heavy atom. The average Bonchev–Trinajstić information content (AvgIpc) is 2.75. The molecule has 0 aliphatic carbocycles. The molecule has 0 bridgehead atoms. The van der Waals surface area contributed by atoms with Crippen molar-refractivity contribution >= 4 is 14.0 Å². The first kappa shape index (κ1) is 24.5. The third-order valence-corrected chi connectivity index (χ3v) is 10.6. The van der Waals surface area contributed by atoms with Crippen molar-refractivity contribution in [2.75, 3.05) is 6.61 Å². The number of aromatic nitrogens is 1. The van der Waals surface area contributed by atoms with E-state index < -0.39 is 19.1 Å². The van der Waals surface area contributed by atoms with Crippen LogP contribution < -0.4 is 4.74 Å². The van der Waals surface area contributed by atoms with Crippen molar-refractivity contribution in [1.29, 1.82) is 0 Å². The van der Waals surface area contributed by atoms with Crippen LogP contribution in [0.4, 0.5) is 10.1 Å². The molecule has 3 rings (SSSR count). The molecule has 0 aliphatic rings. The van der Waals surface area contributed by atoms with Crippen LogP contribution in [0.3, 0.4) is 0 Å². The Morgan fingerprint density at radius 1 is 1.06 bits per heavy atom. The van der Waals surface area contributed by atoms with Crippen LogP contribution in [-0.2, 0) is 10.8 Å². The van der Waals surface area contributed by atoms with E-state index in [1.54, 1.807) is 18.5 Å². The fraction of sp³-hybridized carbons (Fsp3) is 0.320. The molecule has 174 valence electrons. The maximum absolute atomic E-state index is 14.3. The molecule has 0 saturated heterocycles. The molecule has 33 heavy (non-hydrogen) atoms. The molecule has 1 heterocycles. The predicted octanol–water partition coefficient (Wildman–Crippen LogP) is 7.15. The first-order chi connectivity index (χ1) is 15.5. The summed E-state index contributed by atoms with van der Waals surface area (Å²) in [5, 5.41) is 11.0. The van der Waals surface area contributed by atoms with Gasteiger partial charge in [0.25, 0.3) is 5.69 Å². The minimum Gasteiger partial charge on any atom is -0.454 e. The van der Waals surface area contributed by atoms with E-state index in [4.69, 9.17) is 9.16 Å². The van der Waals surface area contributed by atoms with Gasteiger partial charge in [-0.25, -0.2) is 4.39 Å². The SMILES string of the molecule is CC(C)(C)[Si](C)(C)OCCc1ccc(-c2cnccc2Oc2ccc([N+](=O)[O-])cc2F)cc1. The third-order valence-electron chi connectivity index (χ3n) is 6.05. The van der Waals surface area contributed by atoms with Gasteiger partial charge in [-0.15, -0.1) is 0 Å². The van der Waals surface area contributed by atoms with E-state index in [2.05, 4.69) is 38.8 Å². The molecule has 0 amide bonds. The highest BCUT2D eigenvalue weighted by Gasteiger charge is 2.36. The fourth-order valence-corrected chi connectivity index (χ4v) is 4.03. The Labute approximate surface area is 194 Å². The van der Waals surface area contributed by atoms with Crippen LogP contribution in [0.25, 0.3) is 11.1 Å². The van der Waals surface area contributed by atoms with Crippen LogP contribution in [0.5, 0.6) is 11.5 Å². The molecule has 8 heteroatoms. The van der Waals surface area contributed by atoms with Crippen LogP contribution in [0, 0.1) is 15.9 Å². The predicted molar refractivity (Wildman–Crippen MR) is 130 cm³/mol. The van der Waals surface area contributed by atoms with Crippen molar-refractivity contribution in [3.8, 4) is 22.6 Å². The minimum atomic E-state index is -1.77. The van der Waals surface area contributed by atoms with Gasteiger partial charge in [0.1, 0.15) is 5.75 Å². The van der Waals surface area contributed by atoms with E-state index in [0.717, 1.165) is 23.6 Å². The lowest BCUT2D eigenvalue weighted by atomic mass is 10.0. The number of hydrogen-bond donors (Lipinski definition) is 0. The van der Waals surface area contributed by atoms with E-state index >= 15 is 0 Å². The summed E-state index contributed by atoms with van der Waals surface area (Å²) in [6.45, 7) is 11.8. The molecular formula is C25H29FN2O4Si. The number of benzene rings is 2. The topological polar surface area (TPSA) is 74.5 Å². The monoisotopic (exact) mass is 468 g/mol. The lowest BCUT2D eigenvalue weighted by molar-refractivity contribution is -0.385. The molecule has 0 fully saturated rings. The van der Waals surface area contributed by atoms with E-state index in [-0.39, 0.29) is 16.5 Å². The zero-order valence-corrected chi connectivity index (χ0v) is 20.6. The molecule has 2 aromatic carbocycles.